The molecule has 8 heteroatoms. The number of hydrogen-bond acceptors (Lipinski definition) is 3. The van der Waals surface area contributed by atoms with Gasteiger partial charge in [0.2, 0.25) is 5.91 Å². The zero-order valence-corrected chi connectivity index (χ0v) is 13.3. The average molecular weight is 336 g/mol. The Bertz CT molecular complexity index is 432. The number of halogens is 3. The van der Waals surface area contributed by atoms with Crippen LogP contribution in [0.3, 0.4) is 0 Å². The molecular formula is C15H23F3N2O3. The maximum Gasteiger partial charge on any atom is 0.471 e. The van der Waals surface area contributed by atoms with Crippen molar-refractivity contribution in [1.82, 2.24) is 9.80 Å². The molecular weight excluding hydrogens is 313 g/mol. The zero-order chi connectivity index (χ0) is 17.0. The molecule has 2 fully saturated rings. The maximum atomic E-state index is 12.5. The number of carbonyl (C=O) groups excluding carboxylic acids is 2. The molecule has 2 rings (SSSR count). The Morgan fingerprint density at radius 2 is 1.74 bits per heavy atom. The molecule has 1 unspecified atom stereocenters. The predicted molar refractivity (Wildman–Crippen MR) is 76.5 cm³/mol. The Morgan fingerprint density at radius 3 is 2.30 bits per heavy atom. The van der Waals surface area contributed by atoms with E-state index in [0.717, 1.165) is 17.7 Å². The Kier molecular flexibility index (Phi) is 5.89. The van der Waals surface area contributed by atoms with Gasteiger partial charge in [0.15, 0.2) is 0 Å². The monoisotopic (exact) mass is 336 g/mol. The van der Waals surface area contributed by atoms with Crippen molar-refractivity contribution in [3.8, 4) is 0 Å². The lowest BCUT2D eigenvalue weighted by atomic mass is 9.92. The standard InChI is InChI=1S/C15H23F3N2O3/c1-23-10-11-3-2-6-20(9-11)13(21)12-4-7-19(8-5-12)14(22)15(16,17)18/h11-12H,2-10H2,1H3. The molecule has 0 aliphatic carbocycles. The number of methoxy groups -OCH3 is 1. The third kappa shape index (κ3) is 4.59. The molecule has 0 radical (unpaired) electrons. The molecule has 0 aromatic carbocycles. The van der Waals surface area contributed by atoms with E-state index in [1.54, 1.807) is 12.0 Å². The Labute approximate surface area is 133 Å². The number of piperidine rings is 2. The van der Waals surface area contributed by atoms with Gasteiger partial charge in [0.05, 0.1) is 6.61 Å². The van der Waals surface area contributed by atoms with Crippen molar-refractivity contribution in [3.63, 3.8) is 0 Å². The number of ether oxygens (including phenoxy) is 1. The quantitative estimate of drug-likeness (QED) is 0.788. The summed E-state index contributed by atoms with van der Waals surface area (Å²) in [7, 11) is 1.63. The van der Waals surface area contributed by atoms with E-state index in [4.69, 9.17) is 4.74 Å². The first-order valence-electron chi connectivity index (χ1n) is 7.96. The minimum atomic E-state index is -4.84. The van der Waals surface area contributed by atoms with E-state index >= 15 is 0 Å². The van der Waals surface area contributed by atoms with Crippen LogP contribution in [0.15, 0.2) is 0 Å². The summed E-state index contributed by atoms with van der Waals surface area (Å²) in [5, 5.41) is 0. The Hall–Kier alpha value is -1.31. The van der Waals surface area contributed by atoms with Gasteiger partial charge in [-0.1, -0.05) is 0 Å². The van der Waals surface area contributed by atoms with Gasteiger partial charge < -0.3 is 14.5 Å². The maximum absolute atomic E-state index is 12.5. The van der Waals surface area contributed by atoms with Gasteiger partial charge in [-0.3, -0.25) is 9.59 Å². The van der Waals surface area contributed by atoms with Crippen LogP contribution < -0.4 is 0 Å². The molecule has 132 valence electrons. The SMILES string of the molecule is COCC1CCCN(C(=O)C2CCN(C(=O)C(F)(F)F)CC2)C1. The minimum Gasteiger partial charge on any atom is -0.384 e. The highest BCUT2D eigenvalue weighted by molar-refractivity contribution is 5.83. The highest BCUT2D eigenvalue weighted by atomic mass is 19.4. The molecule has 1 atom stereocenters. The molecule has 2 aliphatic heterocycles. The van der Waals surface area contributed by atoms with Gasteiger partial charge in [0, 0.05) is 39.2 Å². The van der Waals surface area contributed by atoms with Crippen LogP contribution in [0, 0.1) is 11.8 Å². The molecule has 0 aromatic rings. The summed E-state index contributed by atoms with van der Waals surface area (Å²) in [5.74, 6) is -1.76. The third-order valence-electron chi connectivity index (χ3n) is 4.61. The van der Waals surface area contributed by atoms with Crippen LogP contribution in [-0.4, -0.2) is 67.7 Å². The molecule has 2 heterocycles. The first-order valence-corrected chi connectivity index (χ1v) is 7.96. The summed E-state index contributed by atoms with van der Waals surface area (Å²) >= 11 is 0. The zero-order valence-electron chi connectivity index (χ0n) is 13.3. The fraction of sp³-hybridized carbons (Fsp3) is 0.867. The van der Waals surface area contributed by atoms with Gasteiger partial charge >= 0.3 is 12.1 Å². The van der Waals surface area contributed by atoms with Crippen LogP contribution in [0.25, 0.3) is 0 Å². The first kappa shape index (κ1) is 18.0. The number of rotatable bonds is 3. The second-order valence-corrected chi connectivity index (χ2v) is 6.31. The normalized spacial score (nSPS) is 23.9. The van der Waals surface area contributed by atoms with E-state index in [1.807, 2.05) is 0 Å². The molecule has 0 bridgehead atoms. The Morgan fingerprint density at radius 1 is 1.09 bits per heavy atom. The molecule has 0 spiro atoms. The van der Waals surface area contributed by atoms with Crippen molar-refractivity contribution in [2.75, 3.05) is 39.9 Å². The summed E-state index contributed by atoms with van der Waals surface area (Å²) in [6, 6.07) is 0. The highest BCUT2D eigenvalue weighted by Gasteiger charge is 2.44. The number of alkyl halides is 3. The summed E-state index contributed by atoms with van der Waals surface area (Å²) in [6.07, 6.45) is -2.30. The van der Waals surface area contributed by atoms with Gasteiger partial charge in [-0.25, -0.2) is 0 Å². The summed E-state index contributed by atoms with van der Waals surface area (Å²) in [5.41, 5.74) is 0. The van der Waals surface area contributed by atoms with Crippen molar-refractivity contribution < 1.29 is 27.5 Å². The number of carbonyl (C=O) groups is 2. The van der Waals surface area contributed by atoms with Gasteiger partial charge in [-0.05, 0) is 31.6 Å². The lowest BCUT2D eigenvalue weighted by molar-refractivity contribution is -0.187. The van der Waals surface area contributed by atoms with E-state index in [9.17, 15) is 22.8 Å². The highest BCUT2D eigenvalue weighted by Crippen LogP contribution is 2.26. The van der Waals surface area contributed by atoms with Crippen LogP contribution in [-0.2, 0) is 14.3 Å². The summed E-state index contributed by atoms with van der Waals surface area (Å²) in [6.45, 7) is 1.94. The van der Waals surface area contributed by atoms with Crippen molar-refractivity contribution in [2.24, 2.45) is 11.8 Å². The fourth-order valence-corrected chi connectivity index (χ4v) is 3.40. The smallest absolute Gasteiger partial charge is 0.384 e. The Balaban J connectivity index is 1.85. The van der Waals surface area contributed by atoms with Gasteiger partial charge in [-0.2, -0.15) is 13.2 Å². The number of hydrogen-bond donors (Lipinski definition) is 0. The largest absolute Gasteiger partial charge is 0.471 e. The lowest BCUT2D eigenvalue weighted by Gasteiger charge is -2.37. The van der Waals surface area contributed by atoms with Crippen LogP contribution in [0.5, 0.6) is 0 Å². The number of amides is 2. The number of nitrogens with zero attached hydrogens (tertiary/aromatic N) is 2. The van der Waals surface area contributed by atoms with Crippen LogP contribution in [0.4, 0.5) is 13.2 Å². The second-order valence-electron chi connectivity index (χ2n) is 6.31. The third-order valence-corrected chi connectivity index (χ3v) is 4.61. The molecule has 5 nitrogen and oxygen atoms in total. The van der Waals surface area contributed by atoms with E-state index < -0.39 is 12.1 Å². The first-order chi connectivity index (χ1) is 10.8. The van der Waals surface area contributed by atoms with E-state index in [0.29, 0.717) is 38.5 Å². The van der Waals surface area contributed by atoms with E-state index in [1.165, 1.54) is 0 Å². The minimum absolute atomic E-state index is 0.00455. The predicted octanol–water partition coefficient (Wildman–Crippen LogP) is 1.67. The van der Waals surface area contributed by atoms with Crippen LogP contribution in [0.1, 0.15) is 25.7 Å². The van der Waals surface area contributed by atoms with Gasteiger partial charge in [0.1, 0.15) is 0 Å². The summed E-state index contributed by atoms with van der Waals surface area (Å²) < 4.78 is 42.4. The van der Waals surface area contributed by atoms with Gasteiger partial charge in [0.25, 0.3) is 0 Å². The molecule has 2 saturated heterocycles. The van der Waals surface area contributed by atoms with Gasteiger partial charge in [-0.15, -0.1) is 0 Å². The van der Waals surface area contributed by atoms with Crippen LogP contribution >= 0.6 is 0 Å². The van der Waals surface area contributed by atoms with Crippen molar-refractivity contribution in [1.29, 1.82) is 0 Å². The number of likely N-dealkylation sites (tertiary alicyclic amines) is 2. The molecule has 0 N–H and O–H groups in total. The second kappa shape index (κ2) is 7.51. The van der Waals surface area contributed by atoms with Crippen molar-refractivity contribution in [3.05, 3.63) is 0 Å². The van der Waals surface area contributed by atoms with E-state index in [2.05, 4.69) is 0 Å². The molecule has 0 aromatic heterocycles. The van der Waals surface area contributed by atoms with Crippen molar-refractivity contribution >= 4 is 11.8 Å². The summed E-state index contributed by atoms with van der Waals surface area (Å²) in [4.78, 5) is 26.3. The molecule has 23 heavy (non-hydrogen) atoms. The average Bonchev–Trinajstić information content (AvgIpc) is 2.53. The topological polar surface area (TPSA) is 49.9 Å². The fourth-order valence-electron chi connectivity index (χ4n) is 3.40. The lowest BCUT2D eigenvalue weighted by Crippen LogP contribution is -2.49. The molecule has 2 amide bonds. The van der Waals surface area contributed by atoms with E-state index in [-0.39, 0.29) is 24.9 Å². The van der Waals surface area contributed by atoms with Crippen LogP contribution in [0.2, 0.25) is 0 Å². The van der Waals surface area contributed by atoms with Crippen molar-refractivity contribution in [2.45, 2.75) is 31.9 Å². The molecule has 2 aliphatic rings. The molecule has 0 saturated carbocycles.